The summed E-state index contributed by atoms with van der Waals surface area (Å²) in [7, 11) is 1.44. The molecule has 0 radical (unpaired) electrons. The summed E-state index contributed by atoms with van der Waals surface area (Å²) < 4.78 is 21.4. The number of benzene rings is 1. The molecule has 0 saturated carbocycles. The number of hydrogen-bond donors (Lipinski definition) is 0. The van der Waals surface area contributed by atoms with Crippen LogP contribution in [0.4, 0.5) is 4.39 Å². The molecule has 0 spiro atoms. The number of ether oxygens (including phenoxy) is 1. The number of imidazole rings is 1. The van der Waals surface area contributed by atoms with Gasteiger partial charge in [-0.3, -0.25) is 0 Å². The summed E-state index contributed by atoms with van der Waals surface area (Å²) in [6.07, 6.45) is 3.76. The lowest BCUT2D eigenvalue weighted by molar-refractivity contribution is 0.386. The Morgan fingerprint density at radius 3 is 2.84 bits per heavy atom. The third-order valence-electron chi connectivity index (χ3n) is 2.88. The van der Waals surface area contributed by atoms with Crippen LogP contribution in [-0.4, -0.2) is 16.5 Å². The van der Waals surface area contributed by atoms with Crippen LogP contribution < -0.4 is 4.74 Å². The second kappa shape index (κ2) is 4.66. The van der Waals surface area contributed by atoms with E-state index in [0.717, 1.165) is 10.1 Å². The third kappa shape index (κ3) is 2.10. The molecule has 0 fully saturated rings. The zero-order valence-electron chi connectivity index (χ0n) is 10.1. The first-order chi connectivity index (χ1) is 9.19. The molecule has 0 saturated heterocycles. The Morgan fingerprint density at radius 2 is 2.16 bits per heavy atom. The SMILES string of the molecule is COc1ccc(-c2cn3cccc(Br)c3n2)cc1F. The Hall–Kier alpha value is -1.88. The van der Waals surface area contributed by atoms with Crippen molar-refractivity contribution in [2.24, 2.45) is 0 Å². The molecule has 3 rings (SSSR count). The summed E-state index contributed by atoms with van der Waals surface area (Å²) in [5.74, 6) is -0.162. The Labute approximate surface area is 117 Å². The van der Waals surface area contributed by atoms with Crippen molar-refractivity contribution in [1.29, 1.82) is 0 Å². The van der Waals surface area contributed by atoms with Gasteiger partial charge < -0.3 is 9.14 Å². The number of fused-ring (bicyclic) bond motifs is 1. The van der Waals surface area contributed by atoms with Gasteiger partial charge >= 0.3 is 0 Å². The van der Waals surface area contributed by atoms with Crippen molar-refractivity contribution in [3.05, 3.63) is 53.0 Å². The van der Waals surface area contributed by atoms with E-state index in [4.69, 9.17) is 4.74 Å². The fourth-order valence-corrected chi connectivity index (χ4v) is 2.39. The Morgan fingerprint density at radius 1 is 1.32 bits per heavy atom. The first-order valence-electron chi connectivity index (χ1n) is 5.66. The van der Waals surface area contributed by atoms with Crippen LogP contribution in [0.25, 0.3) is 16.9 Å². The van der Waals surface area contributed by atoms with Gasteiger partial charge in [0.25, 0.3) is 0 Å². The number of pyridine rings is 1. The highest BCUT2D eigenvalue weighted by Crippen LogP contribution is 2.26. The van der Waals surface area contributed by atoms with Gasteiger partial charge in [-0.1, -0.05) is 0 Å². The topological polar surface area (TPSA) is 26.5 Å². The number of hydrogen-bond acceptors (Lipinski definition) is 2. The lowest BCUT2D eigenvalue weighted by Crippen LogP contribution is -1.88. The highest BCUT2D eigenvalue weighted by molar-refractivity contribution is 9.10. The second-order valence-corrected chi connectivity index (χ2v) is 4.92. The molecular formula is C14H10BrFN2O. The molecule has 0 aliphatic heterocycles. The molecule has 3 nitrogen and oxygen atoms in total. The molecule has 5 heteroatoms. The summed E-state index contributed by atoms with van der Waals surface area (Å²) in [4.78, 5) is 4.49. The van der Waals surface area contributed by atoms with E-state index in [0.29, 0.717) is 11.3 Å². The van der Waals surface area contributed by atoms with E-state index >= 15 is 0 Å². The first-order valence-corrected chi connectivity index (χ1v) is 6.45. The van der Waals surface area contributed by atoms with Crippen molar-refractivity contribution in [3.63, 3.8) is 0 Å². The molecule has 96 valence electrons. The minimum absolute atomic E-state index is 0.230. The standard InChI is InChI=1S/C14H10BrFN2O/c1-19-13-5-4-9(7-11(13)16)12-8-18-6-2-3-10(15)14(18)17-12/h2-8H,1H3. The Balaban J connectivity index is 2.14. The van der Waals surface area contributed by atoms with Gasteiger partial charge in [0.05, 0.1) is 17.3 Å². The molecule has 0 unspecified atom stereocenters. The van der Waals surface area contributed by atoms with Gasteiger partial charge in [-0.05, 0) is 46.3 Å². The van der Waals surface area contributed by atoms with Crippen molar-refractivity contribution >= 4 is 21.6 Å². The largest absolute Gasteiger partial charge is 0.494 e. The average Bonchev–Trinajstić information content (AvgIpc) is 2.84. The van der Waals surface area contributed by atoms with Crippen molar-refractivity contribution in [2.45, 2.75) is 0 Å². The number of nitrogens with zero attached hydrogens (tertiary/aromatic N) is 2. The highest BCUT2D eigenvalue weighted by atomic mass is 79.9. The maximum Gasteiger partial charge on any atom is 0.165 e. The molecule has 0 amide bonds. The lowest BCUT2D eigenvalue weighted by atomic mass is 10.1. The highest BCUT2D eigenvalue weighted by Gasteiger charge is 2.09. The summed E-state index contributed by atoms with van der Waals surface area (Å²) in [5, 5.41) is 0. The molecule has 2 aromatic heterocycles. The third-order valence-corrected chi connectivity index (χ3v) is 3.50. The van der Waals surface area contributed by atoms with Crippen LogP contribution in [0.2, 0.25) is 0 Å². The van der Waals surface area contributed by atoms with E-state index < -0.39 is 5.82 Å². The smallest absolute Gasteiger partial charge is 0.165 e. The molecule has 2 heterocycles. The van der Waals surface area contributed by atoms with E-state index in [1.54, 1.807) is 12.1 Å². The summed E-state index contributed by atoms with van der Waals surface area (Å²) >= 11 is 3.44. The minimum Gasteiger partial charge on any atom is -0.494 e. The average molecular weight is 321 g/mol. The summed E-state index contributed by atoms with van der Waals surface area (Å²) in [5.41, 5.74) is 2.23. The molecule has 3 aromatic rings. The molecule has 0 bridgehead atoms. The lowest BCUT2D eigenvalue weighted by Gasteiger charge is -2.02. The van der Waals surface area contributed by atoms with E-state index in [9.17, 15) is 4.39 Å². The predicted molar refractivity (Wildman–Crippen MR) is 74.8 cm³/mol. The van der Waals surface area contributed by atoms with Gasteiger partial charge in [-0.2, -0.15) is 0 Å². The van der Waals surface area contributed by atoms with Crippen molar-refractivity contribution < 1.29 is 9.13 Å². The van der Waals surface area contributed by atoms with Gasteiger partial charge in [0.1, 0.15) is 0 Å². The molecule has 19 heavy (non-hydrogen) atoms. The predicted octanol–water partition coefficient (Wildman–Crippen LogP) is 3.91. The van der Waals surface area contributed by atoms with Gasteiger partial charge in [0, 0.05) is 18.0 Å². The minimum atomic E-state index is -0.392. The molecule has 0 aliphatic rings. The van der Waals surface area contributed by atoms with Crippen LogP contribution >= 0.6 is 15.9 Å². The zero-order chi connectivity index (χ0) is 13.4. The number of methoxy groups -OCH3 is 1. The van der Waals surface area contributed by atoms with Crippen LogP contribution in [0.15, 0.2) is 47.2 Å². The van der Waals surface area contributed by atoms with Crippen molar-refractivity contribution in [3.8, 4) is 17.0 Å². The van der Waals surface area contributed by atoms with Gasteiger partial charge in [0.15, 0.2) is 17.2 Å². The van der Waals surface area contributed by atoms with E-state index in [-0.39, 0.29) is 5.75 Å². The molecule has 0 aliphatic carbocycles. The maximum absolute atomic E-state index is 13.7. The van der Waals surface area contributed by atoms with Crippen LogP contribution in [0, 0.1) is 5.82 Å². The molecule has 0 N–H and O–H groups in total. The number of aromatic nitrogens is 2. The van der Waals surface area contributed by atoms with Crippen LogP contribution in [-0.2, 0) is 0 Å². The summed E-state index contributed by atoms with van der Waals surface area (Å²) in [6.45, 7) is 0. The van der Waals surface area contributed by atoms with Gasteiger partial charge in [-0.15, -0.1) is 0 Å². The Kier molecular flexibility index (Phi) is 2.98. The van der Waals surface area contributed by atoms with Crippen molar-refractivity contribution in [2.75, 3.05) is 7.11 Å². The van der Waals surface area contributed by atoms with E-state index in [1.165, 1.54) is 13.2 Å². The molecule has 1 aromatic carbocycles. The molecular weight excluding hydrogens is 311 g/mol. The normalized spacial score (nSPS) is 10.9. The number of halogens is 2. The van der Waals surface area contributed by atoms with Gasteiger partial charge in [0.2, 0.25) is 0 Å². The van der Waals surface area contributed by atoms with Crippen LogP contribution in [0.5, 0.6) is 5.75 Å². The van der Waals surface area contributed by atoms with E-state index in [1.807, 2.05) is 28.9 Å². The fraction of sp³-hybridized carbons (Fsp3) is 0.0714. The molecule has 0 atom stereocenters. The second-order valence-electron chi connectivity index (χ2n) is 4.06. The maximum atomic E-state index is 13.7. The first kappa shape index (κ1) is 12.2. The van der Waals surface area contributed by atoms with E-state index in [2.05, 4.69) is 20.9 Å². The fourth-order valence-electron chi connectivity index (χ4n) is 1.94. The van der Waals surface area contributed by atoms with Crippen molar-refractivity contribution in [1.82, 2.24) is 9.38 Å². The quantitative estimate of drug-likeness (QED) is 0.715. The number of rotatable bonds is 2. The van der Waals surface area contributed by atoms with Crippen LogP contribution in [0.1, 0.15) is 0 Å². The Bertz CT molecular complexity index is 754. The van der Waals surface area contributed by atoms with Crippen LogP contribution in [0.3, 0.4) is 0 Å². The summed E-state index contributed by atoms with van der Waals surface area (Å²) in [6, 6.07) is 8.65. The monoisotopic (exact) mass is 320 g/mol. The zero-order valence-corrected chi connectivity index (χ0v) is 11.7. The van der Waals surface area contributed by atoms with Gasteiger partial charge in [-0.25, -0.2) is 9.37 Å².